The Morgan fingerprint density at radius 1 is 0.148 bits per heavy atom. The summed E-state index contributed by atoms with van der Waals surface area (Å²) in [5.41, 5.74) is 49.6. The molecule has 18 heteroatoms. The summed E-state index contributed by atoms with van der Waals surface area (Å²) in [5.74, 6) is 0. The number of hydrogen-bond donors (Lipinski definition) is 0. The Balaban J connectivity index is 1.20. The molecule has 0 aromatic heterocycles. The van der Waals surface area contributed by atoms with Crippen molar-refractivity contribution in [2.45, 2.75) is 157 Å². The van der Waals surface area contributed by atoms with Gasteiger partial charge in [0.05, 0.1) is 61.5 Å². The van der Waals surface area contributed by atoms with Gasteiger partial charge in [0.1, 0.15) is 96.9 Å². The van der Waals surface area contributed by atoms with Crippen molar-refractivity contribution in [3.63, 3.8) is 0 Å². The van der Waals surface area contributed by atoms with E-state index >= 15 is 0 Å². The van der Waals surface area contributed by atoms with Crippen LogP contribution in [0.1, 0.15) is 33.4 Å². The summed E-state index contributed by atoms with van der Waals surface area (Å²) in [6.45, 7) is 59.8. The van der Waals surface area contributed by atoms with E-state index in [2.05, 4.69) is 503 Å². The Labute approximate surface area is 689 Å². The van der Waals surface area contributed by atoms with Crippen LogP contribution in [0.4, 0.5) is 0 Å². The maximum Gasteiger partial charge on any atom is 0.104 e. The quantitative estimate of drug-likeness (QED) is 0.0394. The van der Waals surface area contributed by atoms with Crippen LogP contribution in [0.15, 0.2) is 248 Å². The summed E-state index contributed by atoms with van der Waals surface area (Å²) >= 11 is 0. The van der Waals surface area contributed by atoms with Crippen molar-refractivity contribution in [3.8, 4) is 0 Å². The van der Waals surface area contributed by atoms with Crippen LogP contribution in [0.2, 0.25) is 157 Å². The molecule has 0 amide bonds. The van der Waals surface area contributed by atoms with Crippen molar-refractivity contribution < 1.29 is 0 Å². The molecule has 7 rings (SSSR count). The Morgan fingerprint density at radius 2 is 0.231 bits per heavy atom. The first-order valence-electron chi connectivity index (χ1n) is 38.3. The Hall–Kier alpha value is -4.68. The highest BCUT2D eigenvalue weighted by Crippen LogP contribution is 2.23. The summed E-state index contributed by atoms with van der Waals surface area (Å²) in [7, 11) is -1.34. The van der Waals surface area contributed by atoms with Gasteiger partial charge in [0, 0.05) is 0 Å². The van der Waals surface area contributed by atoms with Gasteiger partial charge < -0.3 is 0 Å². The summed E-state index contributed by atoms with van der Waals surface area (Å²) < 4.78 is 0. The van der Waals surface area contributed by atoms with Gasteiger partial charge in [0.15, 0.2) is 0 Å². The predicted molar refractivity (Wildman–Crippen MR) is 534 cm³/mol. The lowest BCUT2D eigenvalue weighted by Crippen LogP contribution is -2.53. The van der Waals surface area contributed by atoms with Crippen molar-refractivity contribution in [1.29, 1.82) is 0 Å². The molecular weight excluding hydrogens is 1590 g/mol. The minimum Gasteiger partial charge on any atom is -0.109 e. The van der Waals surface area contributed by atoms with Crippen LogP contribution < -0.4 is 62.2 Å². The molecule has 108 heavy (non-hydrogen) atoms. The number of benzene rings is 7. The average molecular weight is 1710 g/mol. The maximum atomic E-state index is 3.68. The molecule has 0 N–H and O–H groups in total. The molecule has 0 nitrogen and oxygen atoms in total. The van der Waals surface area contributed by atoms with Crippen molar-refractivity contribution >= 4 is 257 Å². The lowest BCUT2D eigenvalue weighted by molar-refractivity contribution is 1.62. The highest BCUT2D eigenvalue weighted by molar-refractivity contribution is 7.03. The molecule has 0 heterocycles. The molecule has 0 aliphatic heterocycles. The van der Waals surface area contributed by atoms with E-state index in [1.165, 1.54) is 95.6 Å². The highest BCUT2D eigenvalue weighted by Gasteiger charge is 2.35. The van der Waals surface area contributed by atoms with E-state index < -0.39 is 96.9 Å². The van der Waals surface area contributed by atoms with Gasteiger partial charge in [0.2, 0.25) is 0 Å². The third-order valence-electron chi connectivity index (χ3n) is 22.6. The Bertz CT molecular complexity index is 4060. The topological polar surface area (TPSA) is 0 Å². The Kier molecular flexibility index (Phi) is 30.7. The zero-order chi connectivity index (χ0) is 80.3. The molecule has 0 saturated heterocycles. The molecule has 0 aliphatic rings. The molecule has 18 radical (unpaired) electrons. The van der Waals surface area contributed by atoms with Gasteiger partial charge in [-0.15, -0.1) is 34.2 Å². The zero-order valence-electron chi connectivity index (χ0n) is 69.7. The molecule has 0 saturated carbocycles. The predicted octanol–water partition coefficient (Wildman–Crippen LogP) is 15.5. The van der Waals surface area contributed by atoms with Crippen molar-refractivity contribution in [1.82, 2.24) is 0 Å². The molecule has 0 bridgehead atoms. The van der Waals surface area contributed by atoms with Gasteiger partial charge in [-0.05, 0) is 33.4 Å². The maximum absolute atomic E-state index is 3.68. The standard InChI is InChI=1S/C90H120Si18/c1-97(2,49-37-73-25-31-76(32-26-73)40-52-100(7,8)82-64-85(103(13,14)55-43-91)70-86(65-82)104(15,16)56-44-92)79-61-80(98(3,4)50-38-74-27-33-77(34-28-74)41-53-101(9,10)83-66-87(105(17,18)57-45-93)71-88(67-83)106(19,20)58-46-94)63-81(62-79)99(5,6)51-39-75-29-35-78(36-30-75)42-54-102(11,12)84-68-89(107(21,22)59-47-95)72-90(69-84)108(23,24)60-48-96/h25-72H,1-24H3/b49-37+,50-38+,51-39+,52-40+,53-41+,54-42+,55-43+,56-44+,57-45+,58-46+,59-47+,60-48+. The summed E-state index contributed by atoms with van der Waals surface area (Å²) in [6.07, 6.45) is 14.4. The van der Waals surface area contributed by atoms with E-state index in [9.17, 15) is 0 Å². The molecule has 0 unspecified atom stereocenters. The molecular formula is C90H120Si18. The lowest BCUT2D eigenvalue weighted by atomic mass is 10.1. The molecule has 0 spiro atoms. The summed E-state index contributed by atoms with van der Waals surface area (Å²) in [4.78, 5) is 0. The average Bonchev–Trinajstić information content (AvgIpc) is 0.794. The van der Waals surface area contributed by atoms with Gasteiger partial charge in [-0.25, -0.2) is 0 Å². The summed E-state index contributed by atoms with van der Waals surface area (Å²) in [5, 5.41) is 18.0. The smallest absolute Gasteiger partial charge is 0.104 e. The Morgan fingerprint density at radius 3 is 0.315 bits per heavy atom. The van der Waals surface area contributed by atoms with Crippen LogP contribution in [-0.2, 0) is 0 Å². The highest BCUT2D eigenvalue weighted by atomic mass is 28.3. The fraction of sp³-hybridized carbons (Fsp3) is 0.267. The molecule has 0 fully saturated rings. The molecule has 0 atom stereocenters. The monoisotopic (exact) mass is 1700 g/mol. The van der Waals surface area contributed by atoms with E-state index in [1.54, 1.807) is 0 Å². The first-order valence-corrected chi connectivity index (χ1v) is 78.7. The fourth-order valence-corrected chi connectivity index (χ4v) is 43.7. The van der Waals surface area contributed by atoms with Crippen molar-refractivity contribution in [2.24, 2.45) is 0 Å². The van der Waals surface area contributed by atoms with E-state index in [0.717, 1.165) is 0 Å². The largest absolute Gasteiger partial charge is 0.109 e. The second-order valence-electron chi connectivity index (χ2n) is 36.9. The minimum atomic E-state index is -2.17. The van der Waals surface area contributed by atoms with Crippen molar-refractivity contribution in [2.75, 3.05) is 0 Å². The van der Waals surface area contributed by atoms with Gasteiger partial charge in [-0.2, -0.15) is 0 Å². The lowest BCUT2D eigenvalue weighted by Gasteiger charge is -2.29. The SMILES string of the molecule is C[Si](C)(/C=C/[Si])c1cc([Si](C)(C)/C=C/[Si])cc([Si](C)(C)/C=C/c2ccc(/C=C/[Si](C)(C)c3cc([Si](C)(C)/C=C/c4ccc(/C=C/[Si](C)(C)c5cc([Si](C)(C)/C=C/[Si])cc([Si](C)(C)/C=C/[Si])c5)cc4)cc([Si](C)(C)/C=C/c4ccc(/C=C/[Si](C)(C)c5cc([Si](C)(C)/C=C/[Si])cc([Si](C)(C)/C=C/[Si])c5)cc4)c3)cc2)c1. The van der Waals surface area contributed by atoms with E-state index in [0.29, 0.717) is 0 Å². The third-order valence-corrected chi connectivity index (χ3v) is 58.9. The molecule has 552 valence electrons. The van der Waals surface area contributed by atoms with Gasteiger partial charge in [-0.1, -0.05) is 470 Å². The van der Waals surface area contributed by atoms with Gasteiger partial charge in [-0.3, -0.25) is 0 Å². The van der Waals surface area contributed by atoms with E-state index in [1.807, 2.05) is 0 Å². The molecule has 7 aromatic carbocycles. The van der Waals surface area contributed by atoms with Crippen LogP contribution in [-0.4, -0.2) is 158 Å². The van der Waals surface area contributed by atoms with Crippen LogP contribution in [0, 0.1) is 0 Å². The number of rotatable bonds is 30. The van der Waals surface area contributed by atoms with Crippen LogP contribution >= 0.6 is 0 Å². The van der Waals surface area contributed by atoms with Gasteiger partial charge in [0.25, 0.3) is 0 Å². The molecule has 7 aromatic rings. The third kappa shape index (κ3) is 24.2. The molecule has 0 aliphatic carbocycles. The zero-order valence-corrected chi connectivity index (χ0v) is 87.7. The van der Waals surface area contributed by atoms with Gasteiger partial charge >= 0.3 is 0 Å². The van der Waals surface area contributed by atoms with Crippen LogP contribution in [0.3, 0.4) is 0 Å². The minimum absolute atomic E-state index is 1.24. The summed E-state index contributed by atoms with van der Waals surface area (Å²) in [6, 6.07) is 58.5. The first kappa shape index (κ1) is 90.5. The first-order chi connectivity index (χ1) is 50.1. The van der Waals surface area contributed by atoms with E-state index in [4.69, 9.17) is 0 Å². The fourth-order valence-electron chi connectivity index (χ4n) is 13.4. The van der Waals surface area contributed by atoms with Crippen molar-refractivity contribution in [3.05, 3.63) is 282 Å². The van der Waals surface area contributed by atoms with Crippen LogP contribution in [0.25, 0.3) is 36.5 Å². The normalized spacial score (nSPS) is 14.5. The van der Waals surface area contributed by atoms with E-state index in [-0.39, 0.29) is 0 Å². The second-order valence-corrected chi connectivity index (χ2v) is 91.1. The second kappa shape index (κ2) is 36.6. The number of hydrogen-bond acceptors (Lipinski definition) is 0. The van der Waals surface area contributed by atoms with Crippen LogP contribution in [0.5, 0.6) is 0 Å².